The first kappa shape index (κ1) is 18.6. The molecule has 150 valence electrons. The Morgan fingerprint density at radius 1 is 1.32 bits per heavy atom. The zero-order valence-electron chi connectivity index (χ0n) is 15.7. The van der Waals surface area contributed by atoms with E-state index >= 15 is 0 Å². The van der Waals surface area contributed by atoms with E-state index in [1.54, 1.807) is 21.8 Å². The highest BCUT2D eigenvalue weighted by Gasteiger charge is 2.53. The molecule has 2 aliphatic heterocycles. The topological polar surface area (TPSA) is 127 Å². The van der Waals surface area contributed by atoms with Crippen molar-refractivity contribution < 1.29 is 9.90 Å². The molecule has 2 aromatic heterocycles. The number of rotatable bonds is 5. The molecule has 4 rings (SSSR count). The molecule has 28 heavy (non-hydrogen) atoms. The van der Waals surface area contributed by atoms with Crippen LogP contribution in [0.3, 0.4) is 0 Å². The number of hydrogen-bond donors (Lipinski definition) is 3. The van der Waals surface area contributed by atoms with Crippen molar-refractivity contribution in [2.45, 2.75) is 20.0 Å². The predicted molar refractivity (Wildman–Crippen MR) is 99.8 cm³/mol. The molecule has 0 spiro atoms. The Hall–Kier alpha value is -2.72. The second-order valence-electron chi connectivity index (χ2n) is 7.74. The normalized spacial score (nSPS) is 24.6. The van der Waals surface area contributed by atoms with Crippen molar-refractivity contribution >= 4 is 5.91 Å². The second-order valence-corrected chi connectivity index (χ2v) is 7.74. The summed E-state index contributed by atoms with van der Waals surface area (Å²) >= 11 is 0. The van der Waals surface area contributed by atoms with Crippen LogP contribution < -0.4 is 11.2 Å². The van der Waals surface area contributed by atoms with E-state index in [-0.39, 0.29) is 18.4 Å². The van der Waals surface area contributed by atoms with Crippen LogP contribution in [0.1, 0.15) is 23.1 Å². The number of aliphatic hydroxyl groups is 1. The van der Waals surface area contributed by atoms with Gasteiger partial charge in [-0.05, 0) is 18.9 Å². The molecule has 3 N–H and O–H groups in total. The molecule has 2 atom stereocenters. The molecule has 2 saturated heterocycles. The van der Waals surface area contributed by atoms with Crippen LogP contribution in [0.25, 0.3) is 0 Å². The number of aryl methyl sites for hydroxylation is 1. The lowest BCUT2D eigenvalue weighted by atomic mass is 9.82. The van der Waals surface area contributed by atoms with Crippen molar-refractivity contribution in [3.8, 4) is 0 Å². The van der Waals surface area contributed by atoms with E-state index in [9.17, 15) is 19.5 Å². The summed E-state index contributed by atoms with van der Waals surface area (Å²) in [6.45, 7) is 5.37. The Morgan fingerprint density at radius 2 is 2.14 bits per heavy atom. The van der Waals surface area contributed by atoms with E-state index in [0.717, 1.165) is 0 Å². The van der Waals surface area contributed by atoms with E-state index in [0.29, 0.717) is 50.7 Å². The van der Waals surface area contributed by atoms with E-state index in [1.807, 2.05) is 6.92 Å². The summed E-state index contributed by atoms with van der Waals surface area (Å²) in [6, 6.07) is 3.10. The summed E-state index contributed by atoms with van der Waals surface area (Å²) in [5.74, 6) is 0.0170. The summed E-state index contributed by atoms with van der Waals surface area (Å²) in [4.78, 5) is 44.4. The zero-order valence-corrected chi connectivity index (χ0v) is 15.7. The molecule has 0 aromatic carbocycles. The highest BCUT2D eigenvalue weighted by Crippen LogP contribution is 2.42. The Labute approximate surface area is 160 Å². The van der Waals surface area contributed by atoms with Gasteiger partial charge in [-0.2, -0.15) is 5.10 Å². The average Bonchev–Trinajstić information content (AvgIpc) is 3.32. The molecule has 2 aromatic rings. The third kappa shape index (κ3) is 3.29. The van der Waals surface area contributed by atoms with Gasteiger partial charge in [0.15, 0.2) is 0 Å². The number of nitrogens with zero attached hydrogens (tertiary/aromatic N) is 4. The summed E-state index contributed by atoms with van der Waals surface area (Å²) in [5.41, 5.74) is -0.391. The van der Waals surface area contributed by atoms with Gasteiger partial charge in [0.2, 0.25) is 0 Å². The number of hydrogen-bond acceptors (Lipinski definition) is 6. The molecule has 4 heterocycles. The van der Waals surface area contributed by atoms with Crippen LogP contribution in [0.2, 0.25) is 0 Å². The Bertz CT molecular complexity index is 966. The largest absolute Gasteiger partial charge is 0.396 e. The van der Waals surface area contributed by atoms with Crippen LogP contribution in [0, 0.1) is 11.3 Å². The minimum atomic E-state index is -0.526. The van der Waals surface area contributed by atoms with Gasteiger partial charge in [-0.15, -0.1) is 0 Å². The van der Waals surface area contributed by atoms with Gasteiger partial charge in [-0.3, -0.25) is 24.2 Å². The minimum absolute atomic E-state index is 0.0206. The maximum absolute atomic E-state index is 12.8. The van der Waals surface area contributed by atoms with E-state index in [4.69, 9.17) is 0 Å². The standard InChI is InChI=1S/C18H24N6O4/c1-2-24-4-3-14(21-24)16(27)23-7-12-6-22(9-18(12,10-23)11-25)8-13-5-15(26)20-17(28)19-13/h3-5,12,25H,2,6-11H2,1H3,(H2,19,20,26,28)/t12-,18+/m0/s1. The third-order valence-corrected chi connectivity index (χ3v) is 5.83. The average molecular weight is 388 g/mol. The van der Waals surface area contributed by atoms with Crippen molar-refractivity contribution in [1.82, 2.24) is 29.5 Å². The first-order valence-corrected chi connectivity index (χ1v) is 9.41. The number of aromatic amines is 2. The quantitative estimate of drug-likeness (QED) is 0.593. The van der Waals surface area contributed by atoms with Crippen LogP contribution in [0.15, 0.2) is 27.9 Å². The number of aromatic nitrogens is 4. The summed E-state index contributed by atoms with van der Waals surface area (Å²) in [7, 11) is 0. The summed E-state index contributed by atoms with van der Waals surface area (Å²) < 4.78 is 1.72. The predicted octanol–water partition coefficient (Wildman–Crippen LogP) is -1.15. The lowest BCUT2D eigenvalue weighted by molar-refractivity contribution is 0.0712. The Balaban J connectivity index is 1.46. The number of aliphatic hydroxyl groups excluding tert-OH is 1. The molecule has 0 unspecified atom stereocenters. The molecule has 0 radical (unpaired) electrons. The molecular formula is C18H24N6O4. The summed E-state index contributed by atoms with van der Waals surface area (Å²) in [5, 5.41) is 14.4. The molecule has 0 bridgehead atoms. The first-order chi connectivity index (χ1) is 13.4. The zero-order chi connectivity index (χ0) is 19.9. The fraction of sp³-hybridized carbons (Fsp3) is 0.556. The Kier molecular flexibility index (Phi) is 4.68. The SMILES string of the molecule is CCn1ccc(C(=O)N2C[C@@H]3CN(Cc4cc(=O)[nH]c(=O)[nH]4)C[C@]3(CO)C2)n1. The molecule has 10 nitrogen and oxygen atoms in total. The fourth-order valence-corrected chi connectivity index (χ4v) is 4.45. The number of amides is 1. The van der Waals surface area contributed by atoms with Crippen molar-refractivity contribution in [1.29, 1.82) is 0 Å². The van der Waals surface area contributed by atoms with Gasteiger partial charge >= 0.3 is 5.69 Å². The highest BCUT2D eigenvalue weighted by molar-refractivity contribution is 5.92. The van der Waals surface area contributed by atoms with Crippen LogP contribution in [0.4, 0.5) is 0 Å². The number of carbonyl (C=O) groups excluding carboxylic acids is 1. The van der Waals surface area contributed by atoms with Crippen LogP contribution >= 0.6 is 0 Å². The molecule has 0 saturated carbocycles. The molecule has 10 heteroatoms. The van der Waals surface area contributed by atoms with Gasteiger partial charge in [-0.25, -0.2) is 4.79 Å². The molecule has 0 aliphatic carbocycles. The smallest absolute Gasteiger partial charge is 0.325 e. The number of carbonyl (C=O) groups is 1. The van der Waals surface area contributed by atoms with Gasteiger partial charge < -0.3 is 15.0 Å². The second kappa shape index (κ2) is 7.02. The fourth-order valence-electron chi connectivity index (χ4n) is 4.45. The van der Waals surface area contributed by atoms with E-state index in [2.05, 4.69) is 20.0 Å². The summed E-state index contributed by atoms with van der Waals surface area (Å²) in [6.07, 6.45) is 1.79. The van der Waals surface area contributed by atoms with Crippen molar-refractivity contribution in [3.05, 3.63) is 50.6 Å². The number of nitrogens with one attached hydrogen (secondary N) is 2. The lowest BCUT2D eigenvalue weighted by Crippen LogP contribution is -2.39. The van der Waals surface area contributed by atoms with Crippen molar-refractivity contribution in [2.75, 3.05) is 32.8 Å². The van der Waals surface area contributed by atoms with Crippen LogP contribution in [0.5, 0.6) is 0 Å². The van der Waals surface area contributed by atoms with Crippen LogP contribution in [-0.4, -0.2) is 73.3 Å². The van der Waals surface area contributed by atoms with Crippen LogP contribution in [-0.2, 0) is 13.1 Å². The number of likely N-dealkylation sites (tertiary alicyclic amines) is 2. The van der Waals surface area contributed by atoms with Gasteiger partial charge in [-0.1, -0.05) is 0 Å². The molecular weight excluding hydrogens is 364 g/mol. The van der Waals surface area contributed by atoms with Gasteiger partial charge in [0.1, 0.15) is 5.69 Å². The maximum atomic E-state index is 12.8. The third-order valence-electron chi connectivity index (χ3n) is 5.83. The van der Waals surface area contributed by atoms with Gasteiger partial charge in [0.25, 0.3) is 11.5 Å². The minimum Gasteiger partial charge on any atom is -0.396 e. The lowest BCUT2D eigenvalue weighted by Gasteiger charge is -2.27. The number of H-pyrrole nitrogens is 2. The van der Waals surface area contributed by atoms with Crippen molar-refractivity contribution in [3.63, 3.8) is 0 Å². The number of fused-ring (bicyclic) bond motifs is 1. The first-order valence-electron chi connectivity index (χ1n) is 9.41. The molecule has 2 fully saturated rings. The Morgan fingerprint density at radius 3 is 2.79 bits per heavy atom. The monoisotopic (exact) mass is 388 g/mol. The highest BCUT2D eigenvalue weighted by atomic mass is 16.3. The van der Waals surface area contributed by atoms with E-state index < -0.39 is 16.7 Å². The van der Waals surface area contributed by atoms with Gasteiger partial charge in [0, 0.05) is 62.6 Å². The maximum Gasteiger partial charge on any atom is 0.325 e. The van der Waals surface area contributed by atoms with Crippen molar-refractivity contribution in [2.24, 2.45) is 11.3 Å². The van der Waals surface area contributed by atoms with Gasteiger partial charge in [0.05, 0.1) is 6.61 Å². The molecule has 1 amide bonds. The molecule has 2 aliphatic rings. The van der Waals surface area contributed by atoms with E-state index in [1.165, 1.54) is 6.07 Å².